The summed E-state index contributed by atoms with van der Waals surface area (Å²) >= 11 is 3.29. The van der Waals surface area contributed by atoms with Crippen LogP contribution in [-0.2, 0) is 17.9 Å². The van der Waals surface area contributed by atoms with Crippen LogP contribution in [0.1, 0.15) is 19.5 Å². The molecule has 0 saturated heterocycles. The van der Waals surface area contributed by atoms with Crippen LogP contribution < -0.4 is 16.0 Å². The molecule has 1 heterocycles. The van der Waals surface area contributed by atoms with E-state index < -0.39 is 12.1 Å². The van der Waals surface area contributed by atoms with Gasteiger partial charge >= 0.3 is 6.03 Å². The summed E-state index contributed by atoms with van der Waals surface area (Å²) in [6, 6.07) is 7.92. The van der Waals surface area contributed by atoms with Crippen molar-refractivity contribution in [3.05, 3.63) is 40.6 Å². The lowest BCUT2D eigenvalue weighted by molar-refractivity contribution is -0.117. The van der Waals surface area contributed by atoms with Crippen molar-refractivity contribution in [3.8, 4) is 0 Å². The highest BCUT2D eigenvalue weighted by Crippen LogP contribution is 2.10. The van der Waals surface area contributed by atoms with Gasteiger partial charge in [-0.15, -0.1) is 5.10 Å². The molecule has 128 valence electrons. The number of aromatic nitrogens is 3. The number of amides is 3. The van der Waals surface area contributed by atoms with E-state index in [9.17, 15) is 9.59 Å². The van der Waals surface area contributed by atoms with Gasteiger partial charge < -0.3 is 16.0 Å². The van der Waals surface area contributed by atoms with Gasteiger partial charge in [0.25, 0.3) is 0 Å². The Kier molecular flexibility index (Phi) is 6.30. The van der Waals surface area contributed by atoms with Gasteiger partial charge in [0.05, 0.1) is 13.1 Å². The first-order valence-electron chi connectivity index (χ1n) is 7.49. The first-order valence-corrected chi connectivity index (χ1v) is 8.28. The van der Waals surface area contributed by atoms with Crippen LogP contribution in [-0.4, -0.2) is 33.0 Å². The maximum Gasteiger partial charge on any atom is 0.315 e. The van der Waals surface area contributed by atoms with Gasteiger partial charge in [-0.05, 0) is 41.9 Å². The van der Waals surface area contributed by atoms with E-state index in [4.69, 9.17) is 0 Å². The van der Waals surface area contributed by atoms with Crippen LogP contribution >= 0.6 is 15.9 Å². The summed E-state index contributed by atoms with van der Waals surface area (Å²) in [5.74, 6) is -0.297. The fourth-order valence-electron chi connectivity index (χ4n) is 1.86. The van der Waals surface area contributed by atoms with Gasteiger partial charge in [0.1, 0.15) is 11.7 Å². The molecule has 24 heavy (non-hydrogen) atoms. The van der Waals surface area contributed by atoms with Crippen LogP contribution in [0.2, 0.25) is 0 Å². The second kappa shape index (κ2) is 8.44. The van der Waals surface area contributed by atoms with Crippen molar-refractivity contribution >= 4 is 33.6 Å². The van der Waals surface area contributed by atoms with E-state index in [0.717, 1.165) is 0 Å². The quantitative estimate of drug-likeness (QED) is 0.695. The van der Waals surface area contributed by atoms with Gasteiger partial charge in [-0.2, -0.15) is 9.90 Å². The van der Waals surface area contributed by atoms with E-state index in [1.165, 1.54) is 4.80 Å². The molecule has 0 aliphatic carbocycles. The second-order valence-electron chi connectivity index (χ2n) is 5.03. The number of hydrogen-bond acceptors (Lipinski definition) is 4. The highest BCUT2D eigenvalue weighted by Gasteiger charge is 2.16. The minimum atomic E-state index is -0.681. The van der Waals surface area contributed by atoms with Crippen molar-refractivity contribution in [1.29, 1.82) is 0 Å². The summed E-state index contributed by atoms with van der Waals surface area (Å²) in [5, 5.41) is 16.3. The first kappa shape index (κ1) is 17.9. The normalized spacial score (nSPS) is 11.6. The third kappa shape index (κ3) is 5.05. The summed E-state index contributed by atoms with van der Waals surface area (Å²) in [6.07, 6.45) is 0. The number of benzene rings is 1. The number of anilines is 1. The molecule has 3 N–H and O–H groups in total. The Morgan fingerprint density at radius 1 is 1.25 bits per heavy atom. The molecule has 1 atom stereocenters. The first-order chi connectivity index (χ1) is 11.5. The molecule has 9 heteroatoms. The predicted octanol–water partition coefficient (Wildman–Crippen LogP) is 1.89. The lowest BCUT2D eigenvalue weighted by Crippen LogP contribution is -2.46. The van der Waals surface area contributed by atoms with Crippen molar-refractivity contribution in [2.45, 2.75) is 33.0 Å². The molecule has 1 aromatic heterocycles. The van der Waals surface area contributed by atoms with Gasteiger partial charge in [0, 0.05) is 5.69 Å². The molecule has 0 bridgehead atoms. The van der Waals surface area contributed by atoms with Gasteiger partial charge in [0.2, 0.25) is 5.91 Å². The Balaban J connectivity index is 1.80. The molecule has 0 spiro atoms. The molecule has 0 aliphatic rings. The number of nitrogens with zero attached hydrogens (tertiary/aromatic N) is 3. The summed E-state index contributed by atoms with van der Waals surface area (Å²) in [4.78, 5) is 25.5. The molecule has 3 amide bonds. The monoisotopic (exact) mass is 394 g/mol. The van der Waals surface area contributed by atoms with E-state index in [-0.39, 0.29) is 12.5 Å². The van der Waals surface area contributed by atoms with Crippen molar-refractivity contribution in [2.75, 3.05) is 5.32 Å². The topological polar surface area (TPSA) is 101 Å². The summed E-state index contributed by atoms with van der Waals surface area (Å²) in [6.45, 7) is 4.38. The summed E-state index contributed by atoms with van der Waals surface area (Å²) < 4.78 is 0.583. The van der Waals surface area contributed by atoms with Crippen molar-refractivity contribution < 1.29 is 9.59 Å². The number of nitrogens with one attached hydrogen (secondary N) is 3. The summed E-state index contributed by atoms with van der Waals surface area (Å²) in [7, 11) is 0. The SMILES string of the molecule is CCn1nc(Br)c(CNC(=O)NC(C)C(=O)Nc2ccccc2)n1. The van der Waals surface area contributed by atoms with Gasteiger partial charge in [-0.1, -0.05) is 18.2 Å². The standard InChI is InChI=1S/C15H19BrN6O2/c1-3-22-20-12(13(16)21-22)9-17-15(24)18-10(2)14(23)19-11-7-5-4-6-8-11/h4-8,10H,3,9H2,1-2H3,(H,19,23)(H2,17,18,24). The third-order valence-electron chi connectivity index (χ3n) is 3.16. The smallest absolute Gasteiger partial charge is 0.315 e. The van der Waals surface area contributed by atoms with Gasteiger partial charge in [-0.3, -0.25) is 4.79 Å². The maximum absolute atomic E-state index is 12.0. The van der Waals surface area contributed by atoms with Crippen LogP contribution in [0.25, 0.3) is 0 Å². The molecule has 1 unspecified atom stereocenters. The van der Waals surface area contributed by atoms with Crippen molar-refractivity contribution in [1.82, 2.24) is 25.6 Å². The van der Waals surface area contributed by atoms with Gasteiger partial charge in [0.15, 0.2) is 4.60 Å². The Hall–Kier alpha value is -2.42. The number of carbonyl (C=O) groups excluding carboxylic acids is 2. The van der Waals surface area contributed by atoms with Crippen LogP contribution in [0.4, 0.5) is 10.5 Å². The van der Waals surface area contributed by atoms with Crippen LogP contribution in [0, 0.1) is 0 Å². The zero-order valence-electron chi connectivity index (χ0n) is 13.4. The van der Waals surface area contributed by atoms with E-state index in [0.29, 0.717) is 22.5 Å². The average molecular weight is 395 g/mol. The predicted molar refractivity (Wildman–Crippen MR) is 93.3 cm³/mol. The van der Waals surface area contributed by atoms with Gasteiger partial charge in [-0.25, -0.2) is 4.79 Å². The van der Waals surface area contributed by atoms with Crippen LogP contribution in [0.5, 0.6) is 0 Å². The zero-order valence-corrected chi connectivity index (χ0v) is 15.0. The number of carbonyl (C=O) groups is 2. The average Bonchev–Trinajstić information content (AvgIpc) is 2.94. The molecule has 2 rings (SSSR count). The van der Waals surface area contributed by atoms with E-state index in [1.807, 2.05) is 25.1 Å². The highest BCUT2D eigenvalue weighted by atomic mass is 79.9. The van der Waals surface area contributed by atoms with E-state index >= 15 is 0 Å². The number of rotatable bonds is 6. The Bertz CT molecular complexity index is 703. The van der Waals surface area contributed by atoms with Crippen LogP contribution in [0.15, 0.2) is 34.9 Å². The number of halogens is 1. The zero-order chi connectivity index (χ0) is 17.5. The minimum Gasteiger partial charge on any atom is -0.332 e. The number of hydrogen-bond donors (Lipinski definition) is 3. The molecule has 1 aromatic carbocycles. The molecule has 0 aliphatic heterocycles. The molecule has 0 radical (unpaired) electrons. The van der Waals surface area contributed by atoms with Crippen molar-refractivity contribution in [2.24, 2.45) is 0 Å². The summed E-state index contributed by atoms with van der Waals surface area (Å²) in [5.41, 5.74) is 1.30. The lowest BCUT2D eigenvalue weighted by atomic mass is 10.2. The maximum atomic E-state index is 12.0. The van der Waals surface area contributed by atoms with Crippen molar-refractivity contribution in [3.63, 3.8) is 0 Å². The number of urea groups is 1. The second-order valence-corrected chi connectivity index (χ2v) is 5.78. The fraction of sp³-hybridized carbons (Fsp3) is 0.333. The largest absolute Gasteiger partial charge is 0.332 e. The molecule has 0 fully saturated rings. The third-order valence-corrected chi connectivity index (χ3v) is 3.78. The van der Waals surface area contributed by atoms with E-state index in [1.54, 1.807) is 19.1 Å². The minimum absolute atomic E-state index is 0.208. The Labute approximate surface area is 148 Å². The molecular weight excluding hydrogens is 376 g/mol. The van der Waals surface area contributed by atoms with Crippen LogP contribution in [0.3, 0.4) is 0 Å². The number of para-hydroxylation sites is 1. The Morgan fingerprint density at radius 2 is 1.96 bits per heavy atom. The molecule has 0 saturated carbocycles. The highest BCUT2D eigenvalue weighted by molar-refractivity contribution is 9.10. The fourth-order valence-corrected chi connectivity index (χ4v) is 2.26. The number of aryl methyl sites for hydroxylation is 1. The van der Waals surface area contributed by atoms with E-state index in [2.05, 4.69) is 42.1 Å². The molecule has 8 nitrogen and oxygen atoms in total. The Morgan fingerprint density at radius 3 is 2.58 bits per heavy atom. The lowest BCUT2D eigenvalue weighted by Gasteiger charge is -2.14. The molecule has 2 aromatic rings. The molecular formula is C15H19BrN6O2.